The van der Waals surface area contributed by atoms with Crippen LogP contribution in [0.2, 0.25) is 0 Å². The van der Waals surface area contributed by atoms with E-state index < -0.39 is 0 Å². The molecular weight excluding hydrogens is 294 g/mol. The van der Waals surface area contributed by atoms with E-state index in [1.165, 1.54) is 0 Å². The molecule has 1 N–H and O–H groups in total. The van der Waals surface area contributed by atoms with E-state index in [2.05, 4.69) is 39.7 Å². The number of carbonyl (C=O) groups excluding carboxylic acids is 1. The van der Waals surface area contributed by atoms with Gasteiger partial charge >= 0.3 is 0 Å². The van der Waals surface area contributed by atoms with E-state index in [9.17, 15) is 4.79 Å². The molecule has 2 rings (SSSR count). The first-order valence-corrected chi connectivity index (χ1v) is 7.32. The van der Waals surface area contributed by atoms with Crippen LogP contribution in [0.15, 0.2) is 16.7 Å². The first-order valence-electron chi connectivity index (χ1n) is 6.53. The summed E-state index contributed by atoms with van der Waals surface area (Å²) in [5.74, 6) is 0.107. The number of carbonyl (C=O) groups is 1. The fraction of sp³-hybridized carbons (Fsp3) is 0.615. The Morgan fingerprint density at radius 3 is 2.83 bits per heavy atom. The summed E-state index contributed by atoms with van der Waals surface area (Å²) in [5, 5.41) is 0. The summed E-state index contributed by atoms with van der Waals surface area (Å²) in [6.45, 7) is 8.16. The van der Waals surface area contributed by atoms with Crippen LogP contribution in [0.25, 0.3) is 0 Å². The lowest BCUT2D eigenvalue weighted by molar-refractivity contribution is 0.0773. The average molecular weight is 314 g/mol. The molecule has 1 aliphatic rings. The fourth-order valence-corrected chi connectivity index (χ4v) is 2.97. The fourth-order valence-electron chi connectivity index (χ4n) is 2.63. The largest absolute Gasteiger partial charge is 0.356 e. The molecule has 18 heavy (non-hydrogen) atoms. The molecule has 1 unspecified atom stereocenters. The van der Waals surface area contributed by atoms with Crippen molar-refractivity contribution in [2.45, 2.75) is 26.3 Å². The highest BCUT2D eigenvalue weighted by molar-refractivity contribution is 9.10. The molecule has 5 heteroatoms. The van der Waals surface area contributed by atoms with Crippen LogP contribution in [-0.4, -0.2) is 52.9 Å². The van der Waals surface area contributed by atoms with Gasteiger partial charge in [0.1, 0.15) is 5.69 Å². The Labute approximate surface area is 116 Å². The van der Waals surface area contributed by atoms with Crippen molar-refractivity contribution in [3.63, 3.8) is 0 Å². The average Bonchev–Trinajstić information content (AvgIpc) is 2.99. The molecule has 0 aliphatic carbocycles. The minimum Gasteiger partial charge on any atom is -0.356 e. The number of hydrogen-bond acceptors (Lipinski definition) is 2. The van der Waals surface area contributed by atoms with E-state index in [0.717, 1.165) is 37.1 Å². The Bertz CT molecular complexity index is 414. The van der Waals surface area contributed by atoms with Crippen LogP contribution in [0, 0.1) is 0 Å². The van der Waals surface area contributed by atoms with Crippen molar-refractivity contribution in [2.24, 2.45) is 0 Å². The molecule has 1 atom stereocenters. The smallest absolute Gasteiger partial charge is 0.270 e. The molecule has 4 nitrogen and oxygen atoms in total. The van der Waals surface area contributed by atoms with Gasteiger partial charge in [0.25, 0.3) is 5.91 Å². The SMILES string of the molecule is CCN(CC)C1CCN(C(=O)c2cc(Br)c[nH]2)C1. The topological polar surface area (TPSA) is 39.3 Å². The second-order valence-corrected chi connectivity index (χ2v) is 5.56. The monoisotopic (exact) mass is 313 g/mol. The molecule has 0 radical (unpaired) electrons. The third-order valence-electron chi connectivity index (χ3n) is 3.66. The van der Waals surface area contributed by atoms with Gasteiger partial charge < -0.3 is 9.88 Å². The molecule has 100 valence electrons. The summed E-state index contributed by atoms with van der Waals surface area (Å²) in [7, 11) is 0. The maximum absolute atomic E-state index is 12.3. The standard InChI is InChI=1S/C13H20BrN3O/c1-3-16(4-2)11-5-6-17(9-11)13(18)12-7-10(14)8-15-12/h7-8,11,15H,3-6,9H2,1-2H3. The number of rotatable bonds is 4. The second kappa shape index (κ2) is 5.89. The number of likely N-dealkylation sites (N-methyl/N-ethyl adjacent to an activating group) is 1. The number of nitrogens with zero attached hydrogens (tertiary/aromatic N) is 2. The number of halogens is 1. The lowest BCUT2D eigenvalue weighted by Gasteiger charge is -2.26. The Balaban J connectivity index is 1.98. The minimum absolute atomic E-state index is 0.107. The molecule has 0 spiro atoms. The maximum Gasteiger partial charge on any atom is 0.270 e. The zero-order valence-corrected chi connectivity index (χ0v) is 12.5. The number of likely N-dealkylation sites (tertiary alicyclic amines) is 1. The number of H-pyrrole nitrogens is 1. The van der Waals surface area contributed by atoms with E-state index in [1.807, 2.05) is 11.0 Å². The van der Waals surface area contributed by atoms with E-state index in [-0.39, 0.29) is 5.91 Å². The Kier molecular flexibility index (Phi) is 4.45. The van der Waals surface area contributed by atoms with Gasteiger partial charge in [-0.1, -0.05) is 13.8 Å². The first kappa shape index (κ1) is 13.6. The molecule has 0 bridgehead atoms. The summed E-state index contributed by atoms with van der Waals surface area (Å²) in [6, 6.07) is 2.36. The highest BCUT2D eigenvalue weighted by atomic mass is 79.9. The van der Waals surface area contributed by atoms with Crippen molar-refractivity contribution in [1.82, 2.24) is 14.8 Å². The summed E-state index contributed by atoms with van der Waals surface area (Å²) in [4.78, 5) is 19.6. The van der Waals surface area contributed by atoms with E-state index in [4.69, 9.17) is 0 Å². The molecule has 1 aromatic heterocycles. The Morgan fingerprint density at radius 2 is 2.28 bits per heavy atom. The van der Waals surface area contributed by atoms with Gasteiger partial charge in [0.2, 0.25) is 0 Å². The number of amides is 1. The summed E-state index contributed by atoms with van der Waals surface area (Å²) in [5.41, 5.74) is 0.669. The van der Waals surface area contributed by atoms with Crippen LogP contribution in [0.1, 0.15) is 30.8 Å². The van der Waals surface area contributed by atoms with Crippen LogP contribution in [0.5, 0.6) is 0 Å². The maximum atomic E-state index is 12.3. The number of hydrogen-bond donors (Lipinski definition) is 1. The van der Waals surface area contributed by atoms with Gasteiger partial charge in [-0.25, -0.2) is 0 Å². The highest BCUT2D eigenvalue weighted by Crippen LogP contribution is 2.19. The third-order valence-corrected chi connectivity index (χ3v) is 4.12. The molecule has 1 aromatic rings. The number of aromatic amines is 1. The minimum atomic E-state index is 0.107. The van der Waals surface area contributed by atoms with Crippen molar-refractivity contribution >= 4 is 21.8 Å². The van der Waals surface area contributed by atoms with Gasteiger partial charge in [-0.2, -0.15) is 0 Å². The lowest BCUT2D eigenvalue weighted by atomic mass is 10.2. The summed E-state index contributed by atoms with van der Waals surface area (Å²) in [6.07, 6.45) is 2.88. The van der Waals surface area contributed by atoms with E-state index in [1.54, 1.807) is 6.20 Å². The van der Waals surface area contributed by atoms with Crippen molar-refractivity contribution in [2.75, 3.05) is 26.2 Å². The van der Waals surface area contributed by atoms with Gasteiger partial charge in [-0.05, 0) is 41.5 Å². The predicted molar refractivity (Wildman–Crippen MR) is 75.7 cm³/mol. The van der Waals surface area contributed by atoms with Gasteiger partial charge in [-0.3, -0.25) is 9.69 Å². The molecule has 1 aliphatic heterocycles. The molecule has 2 heterocycles. The van der Waals surface area contributed by atoms with E-state index in [0.29, 0.717) is 11.7 Å². The van der Waals surface area contributed by atoms with E-state index >= 15 is 0 Å². The van der Waals surface area contributed by atoms with Crippen molar-refractivity contribution in [3.8, 4) is 0 Å². The second-order valence-electron chi connectivity index (χ2n) is 4.65. The molecule has 1 fully saturated rings. The van der Waals surface area contributed by atoms with Crippen molar-refractivity contribution < 1.29 is 4.79 Å². The summed E-state index contributed by atoms with van der Waals surface area (Å²) >= 11 is 3.36. The van der Waals surface area contributed by atoms with Crippen molar-refractivity contribution in [1.29, 1.82) is 0 Å². The lowest BCUT2D eigenvalue weighted by Crippen LogP contribution is -2.38. The molecule has 1 saturated heterocycles. The molecule has 1 amide bonds. The quantitative estimate of drug-likeness (QED) is 0.926. The Hall–Kier alpha value is -0.810. The zero-order chi connectivity index (χ0) is 13.1. The first-order chi connectivity index (χ1) is 8.65. The summed E-state index contributed by atoms with van der Waals surface area (Å²) < 4.78 is 0.922. The van der Waals surface area contributed by atoms with Crippen LogP contribution < -0.4 is 0 Å². The Morgan fingerprint density at radius 1 is 1.56 bits per heavy atom. The molecule has 0 saturated carbocycles. The molecular formula is C13H20BrN3O. The van der Waals surface area contributed by atoms with Crippen LogP contribution in [0.4, 0.5) is 0 Å². The normalized spacial score (nSPS) is 19.8. The van der Waals surface area contributed by atoms with Crippen LogP contribution >= 0.6 is 15.9 Å². The predicted octanol–water partition coefficient (Wildman–Crippen LogP) is 2.33. The van der Waals surface area contributed by atoms with Crippen molar-refractivity contribution in [3.05, 3.63) is 22.4 Å². The number of nitrogens with one attached hydrogen (secondary N) is 1. The van der Waals surface area contributed by atoms with Crippen LogP contribution in [0.3, 0.4) is 0 Å². The van der Waals surface area contributed by atoms with Gasteiger partial charge in [0, 0.05) is 29.8 Å². The molecule has 0 aromatic carbocycles. The number of aromatic nitrogens is 1. The van der Waals surface area contributed by atoms with Gasteiger partial charge in [0.15, 0.2) is 0 Å². The van der Waals surface area contributed by atoms with Gasteiger partial charge in [0.05, 0.1) is 0 Å². The van der Waals surface area contributed by atoms with Gasteiger partial charge in [-0.15, -0.1) is 0 Å². The third kappa shape index (κ3) is 2.78. The highest BCUT2D eigenvalue weighted by Gasteiger charge is 2.30. The van der Waals surface area contributed by atoms with Crippen LogP contribution in [-0.2, 0) is 0 Å². The zero-order valence-electron chi connectivity index (χ0n) is 10.9.